The van der Waals surface area contributed by atoms with Crippen LogP contribution < -0.4 is 0 Å². The molecule has 0 amide bonds. The lowest BCUT2D eigenvalue weighted by Gasteiger charge is -1.92. The van der Waals surface area contributed by atoms with Gasteiger partial charge in [0, 0.05) is 10.8 Å². The molecule has 0 spiro atoms. The van der Waals surface area contributed by atoms with Crippen molar-refractivity contribution in [2.24, 2.45) is 0 Å². The van der Waals surface area contributed by atoms with Gasteiger partial charge in [0.25, 0.3) is 0 Å². The average Bonchev–Trinajstić information content (AvgIpc) is 2.02. The third-order valence-electron chi connectivity index (χ3n) is 1.09. The first-order valence-corrected chi connectivity index (χ1v) is 4.52. The molecule has 0 saturated carbocycles. The zero-order chi connectivity index (χ0) is 9.03. The maximum Gasteiger partial charge on any atom is 0.165 e. The van der Waals surface area contributed by atoms with E-state index in [1.807, 2.05) is 0 Å². The molecule has 0 unspecified atom stereocenters. The van der Waals surface area contributed by atoms with Gasteiger partial charge in [-0.3, -0.25) is 0 Å². The molecule has 0 radical (unpaired) electrons. The van der Waals surface area contributed by atoms with Crippen molar-refractivity contribution in [3.63, 3.8) is 0 Å². The Bertz CT molecular complexity index is 409. The van der Waals surface area contributed by atoms with E-state index in [2.05, 4.69) is 5.92 Å². The van der Waals surface area contributed by atoms with Crippen molar-refractivity contribution in [2.45, 2.75) is 0 Å². The van der Waals surface area contributed by atoms with E-state index in [1.54, 1.807) is 35.6 Å². The topological polar surface area (TPSA) is 57.2 Å². The molecule has 1 aromatic rings. The van der Waals surface area contributed by atoms with Gasteiger partial charge in [-0.1, -0.05) is 24.1 Å². The minimum Gasteiger partial charge on any atom is -0.738 e. The van der Waals surface area contributed by atoms with E-state index in [0.717, 1.165) is 0 Å². The molecule has 0 N–H and O–H groups in total. The number of rotatable bonds is 0. The Morgan fingerprint density at radius 2 is 1.75 bits per heavy atom. The fourth-order valence-corrected chi connectivity index (χ4v) is 0.886. The summed E-state index contributed by atoms with van der Waals surface area (Å²) in [6, 6.07) is 8.44. The van der Waals surface area contributed by atoms with Crippen molar-refractivity contribution in [3.8, 4) is 11.2 Å². The van der Waals surface area contributed by atoms with Crippen molar-refractivity contribution in [1.82, 2.24) is 0 Å². The summed E-state index contributed by atoms with van der Waals surface area (Å²) in [6.07, 6.45) is 0. The minimum atomic E-state index is -4.43. The van der Waals surface area contributed by atoms with Gasteiger partial charge in [-0.2, -0.15) is 0 Å². The molecule has 0 saturated heterocycles. The van der Waals surface area contributed by atoms with Crippen LogP contribution in [0, 0.1) is 11.2 Å². The molecule has 1 aromatic carbocycles. The van der Waals surface area contributed by atoms with Gasteiger partial charge in [0.15, 0.2) is 10.1 Å². The van der Waals surface area contributed by atoms with Gasteiger partial charge in [0.1, 0.15) is 0 Å². The monoisotopic (exact) mass is 181 g/mol. The van der Waals surface area contributed by atoms with E-state index in [9.17, 15) is 13.0 Å². The maximum absolute atomic E-state index is 10.1. The summed E-state index contributed by atoms with van der Waals surface area (Å²) < 4.78 is 30.2. The average molecular weight is 181 g/mol. The van der Waals surface area contributed by atoms with Gasteiger partial charge in [0.05, 0.1) is 0 Å². The van der Waals surface area contributed by atoms with Crippen LogP contribution in [-0.2, 0) is 10.1 Å². The van der Waals surface area contributed by atoms with Crippen LogP contribution in [0.2, 0.25) is 0 Å². The SMILES string of the molecule is O=S(=O)([O-])C#Cc1ccccc1. The summed E-state index contributed by atoms with van der Waals surface area (Å²) >= 11 is 0. The highest BCUT2D eigenvalue weighted by Crippen LogP contribution is 1.94. The fourth-order valence-electron chi connectivity index (χ4n) is 0.643. The number of hydrogen-bond acceptors (Lipinski definition) is 3. The van der Waals surface area contributed by atoms with E-state index in [-0.39, 0.29) is 0 Å². The van der Waals surface area contributed by atoms with Crippen molar-refractivity contribution < 1.29 is 13.0 Å². The summed E-state index contributed by atoms with van der Waals surface area (Å²) in [5.74, 6) is 2.23. The van der Waals surface area contributed by atoms with Crippen LogP contribution in [0.4, 0.5) is 0 Å². The first-order valence-electron chi connectivity index (χ1n) is 3.11. The highest BCUT2D eigenvalue weighted by Gasteiger charge is 1.84. The van der Waals surface area contributed by atoms with Gasteiger partial charge >= 0.3 is 0 Å². The molecule has 0 bridgehead atoms. The van der Waals surface area contributed by atoms with Crippen LogP contribution in [0.25, 0.3) is 0 Å². The van der Waals surface area contributed by atoms with Crippen molar-refractivity contribution in [3.05, 3.63) is 35.9 Å². The molecule has 3 nitrogen and oxygen atoms in total. The van der Waals surface area contributed by atoms with Crippen LogP contribution in [0.3, 0.4) is 0 Å². The van der Waals surface area contributed by atoms with E-state index >= 15 is 0 Å². The summed E-state index contributed by atoms with van der Waals surface area (Å²) in [7, 11) is -4.43. The maximum atomic E-state index is 10.1. The van der Waals surface area contributed by atoms with Crippen LogP contribution in [0.5, 0.6) is 0 Å². The Kier molecular flexibility index (Phi) is 2.48. The van der Waals surface area contributed by atoms with Crippen LogP contribution in [-0.4, -0.2) is 13.0 Å². The highest BCUT2D eigenvalue weighted by atomic mass is 32.2. The normalized spacial score (nSPS) is 10.1. The Labute approximate surface area is 70.8 Å². The van der Waals surface area contributed by atoms with E-state index in [4.69, 9.17) is 0 Å². The van der Waals surface area contributed by atoms with Gasteiger partial charge in [-0.05, 0) is 12.1 Å². The quantitative estimate of drug-likeness (QED) is 0.433. The zero-order valence-electron chi connectivity index (χ0n) is 6.02. The number of benzene rings is 1. The summed E-state index contributed by atoms with van der Waals surface area (Å²) in [6.45, 7) is 0. The Morgan fingerprint density at radius 1 is 1.17 bits per heavy atom. The van der Waals surface area contributed by atoms with E-state index in [1.165, 1.54) is 0 Å². The summed E-state index contributed by atoms with van der Waals surface area (Å²) in [5.41, 5.74) is 0.511. The summed E-state index contributed by atoms with van der Waals surface area (Å²) in [4.78, 5) is 0. The number of hydrogen-bond donors (Lipinski definition) is 0. The molecule has 4 heteroatoms. The summed E-state index contributed by atoms with van der Waals surface area (Å²) in [5, 5.41) is 1.60. The van der Waals surface area contributed by atoms with Crippen molar-refractivity contribution >= 4 is 10.1 Å². The molecule has 0 aliphatic carbocycles. The van der Waals surface area contributed by atoms with Crippen molar-refractivity contribution in [2.75, 3.05) is 0 Å². The second-order valence-electron chi connectivity index (χ2n) is 2.05. The van der Waals surface area contributed by atoms with Gasteiger partial charge in [-0.15, -0.1) is 0 Å². The molecular formula is C8H5O3S-. The molecule has 62 valence electrons. The molecule has 12 heavy (non-hydrogen) atoms. The minimum absolute atomic E-state index is 0.511. The Hall–Kier alpha value is -1.31. The molecule has 0 aliphatic rings. The predicted octanol–water partition coefficient (Wildman–Crippen LogP) is 0.541. The first kappa shape index (κ1) is 8.78. The van der Waals surface area contributed by atoms with Gasteiger partial charge in [-0.25, -0.2) is 8.42 Å². The van der Waals surface area contributed by atoms with Gasteiger partial charge in [0.2, 0.25) is 0 Å². The second-order valence-corrected chi connectivity index (χ2v) is 3.16. The van der Waals surface area contributed by atoms with Crippen LogP contribution in [0.15, 0.2) is 30.3 Å². The van der Waals surface area contributed by atoms with Crippen LogP contribution >= 0.6 is 0 Å². The highest BCUT2D eigenvalue weighted by molar-refractivity contribution is 7.90. The fraction of sp³-hybridized carbons (Fsp3) is 0. The van der Waals surface area contributed by atoms with E-state index in [0.29, 0.717) is 5.56 Å². The Morgan fingerprint density at radius 3 is 2.25 bits per heavy atom. The lowest BCUT2D eigenvalue weighted by atomic mass is 10.2. The molecule has 0 aliphatic heterocycles. The molecule has 1 rings (SSSR count). The molecule has 0 fully saturated rings. The standard InChI is InChI=1S/C8H6O3S/c9-12(10,11)7-6-8-4-2-1-3-5-8/h1-5H,(H,9,10,11)/p-1. The molecule has 0 atom stereocenters. The van der Waals surface area contributed by atoms with Crippen LogP contribution in [0.1, 0.15) is 5.56 Å². The third kappa shape index (κ3) is 3.19. The predicted molar refractivity (Wildman–Crippen MR) is 43.0 cm³/mol. The largest absolute Gasteiger partial charge is 0.738 e. The molecule has 0 aromatic heterocycles. The third-order valence-corrected chi connectivity index (χ3v) is 1.45. The zero-order valence-corrected chi connectivity index (χ0v) is 6.84. The molecular weight excluding hydrogens is 176 g/mol. The van der Waals surface area contributed by atoms with E-state index < -0.39 is 10.1 Å². The lowest BCUT2D eigenvalue weighted by Crippen LogP contribution is -1.90. The second kappa shape index (κ2) is 3.39. The first-order chi connectivity index (χ1) is 5.58. The van der Waals surface area contributed by atoms with Crippen molar-refractivity contribution in [1.29, 1.82) is 0 Å². The van der Waals surface area contributed by atoms with Gasteiger partial charge < -0.3 is 4.55 Å². The lowest BCUT2D eigenvalue weighted by molar-refractivity contribution is 0.476. The molecule has 0 heterocycles. The Balaban J connectivity index is 2.96. The smallest absolute Gasteiger partial charge is 0.165 e.